The molecule has 182 valence electrons. The fraction of sp³-hybridized carbons (Fsp3) is 0.357. The van der Waals surface area contributed by atoms with Gasteiger partial charge in [0.05, 0.1) is 12.6 Å². The smallest absolute Gasteiger partial charge is 0.342 e. The highest BCUT2D eigenvalue weighted by atomic mass is 16.5. The zero-order valence-electron chi connectivity index (χ0n) is 20.5. The van der Waals surface area contributed by atoms with Crippen molar-refractivity contribution in [3.05, 3.63) is 71.2 Å². The number of piperazine rings is 1. The highest BCUT2D eigenvalue weighted by molar-refractivity contribution is 6.16. The van der Waals surface area contributed by atoms with Gasteiger partial charge < -0.3 is 19.2 Å². The topological polar surface area (TPSA) is 79.0 Å². The average Bonchev–Trinajstić information content (AvgIpc) is 3.28. The first-order chi connectivity index (χ1) is 17.0. The predicted octanol–water partition coefficient (Wildman–Crippen LogP) is 4.76. The number of ether oxygens (including phenoxy) is 1. The average molecular weight is 474 g/mol. The highest BCUT2D eigenvalue weighted by Gasteiger charge is 2.35. The number of hydrogen-bond acceptors (Lipinski definition) is 7. The number of aryl methyl sites for hydroxylation is 1. The molecule has 1 atom stereocenters. The molecule has 1 unspecified atom stereocenters. The Hall–Kier alpha value is -3.42. The zero-order valence-corrected chi connectivity index (χ0v) is 20.5. The van der Waals surface area contributed by atoms with E-state index in [-0.39, 0.29) is 18.4 Å². The molecule has 5 rings (SSSR count). The Morgan fingerprint density at radius 1 is 1.09 bits per heavy atom. The normalized spacial score (nSPS) is 16.1. The Labute approximate surface area is 204 Å². The maximum atomic E-state index is 13.3. The van der Waals surface area contributed by atoms with Crippen molar-refractivity contribution >= 4 is 27.7 Å². The van der Waals surface area contributed by atoms with Gasteiger partial charge in [-0.15, -0.1) is 0 Å². The van der Waals surface area contributed by atoms with Gasteiger partial charge in [0.2, 0.25) is 0 Å². The molecule has 2 aromatic carbocycles. The lowest BCUT2D eigenvalue weighted by atomic mass is 9.88. The molecule has 1 fully saturated rings. The van der Waals surface area contributed by atoms with Crippen molar-refractivity contribution in [1.29, 1.82) is 0 Å². The molecular weight excluding hydrogens is 442 g/mol. The third-order valence-corrected chi connectivity index (χ3v) is 6.93. The van der Waals surface area contributed by atoms with Gasteiger partial charge in [-0.3, -0.25) is 9.88 Å². The van der Waals surface area contributed by atoms with Crippen LogP contribution in [0, 0.1) is 0 Å². The number of esters is 1. The summed E-state index contributed by atoms with van der Waals surface area (Å²) in [6.07, 6.45) is 4.07. The van der Waals surface area contributed by atoms with Crippen LogP contribution in [0.2, 0.25) is 0 Å². The summed E-state index contributed by atoms with van der Waals surface area (Å²) in [7, 11) is 2.12. The van der Waals surface area contributed by atoms with E-state index >= 15 is 0 Å². The lowest BCUT2D eigenvalue weighted by Gasteiger charge is -2.39. The van der Waals surface area contributed by atoms with Crippen molar-refractivity contribution < 1.29 is 19.1 Å². The molecule has 1 aliphatic heterocycles. The fourth-order valence-corrected chi connectivity index (χ4v) is 5.20. The SMILES string of the molecule is CCOC(=O)c1c(CC)oc2c1c(C(c1ccncc1)N1CCN(C)CC1)c(O)c1ccccc12. The summed E-state index contributed by atoms with van der Waals surface area (Å²) in [5.41, 5.74) is 2.71. The van der Waals surface area contributed by atoms with Crippen LogP contribution >= 0.6 is 0 Å². The molecule has 7 nitrogen and oxygen atoms in total. The minimum atomic E-state index is -0.425. The fourth-order valence-electron chi connectivity index (χ4n) is 5.20. The van der Waals surface area contributed by atoms with Crippen LogP contribution in [-0.4, -0.2) is 65.7 Å². The second kappa shape index (κ2) is 9.68. The van der Waals surface area contributed by atoms with E-state index < -0.39 is 5.97 Å². The van der Waals surface area contributed by atoms with Crippen molar-refractivity contribution in [2.45, 2.75) is 26.3 Å². The molecule has 1 saturated heterocycles. The summed E-state index contributed by atoms with van der Waals surface area (Å²) < 4.78 is 11.8. The zero-order chi connectivity index (χ0) is 24.5. The number of aromatic hydroxyl groups is 1. The minimum absolute atomic E-state index is 0.169. The molecule has 0 bridgehead atoms. The van der Waals surface area contributed by atoms with Crippen LogP contribution < -0.4 is 0 Å². The second-order valence-corrected chi connectivity index (χ2v) is 9.01. The summed E-state index contributed by atoms with van der Waals surface area (Å²) in [6, 6.07) is 11.3. The van der Waals surface area contributed by atoms with Crippen LogP contribution in [0.15, 0.2) is 53.2 Å². The summed E-state index contributed by atoms with van der Waals surface area (Å²) in [5, 5.41) is 14.0. The van der Waals surface area contributed by atoms with Gasteiger partial charge >= 0.3 is 5.97 Å². The number of hydrogen-bond donors (Lipinski definition) is 1. The molecule has 1 aliphatic rings. The van der Waals surface area contributed by atoms with Gasteiger partial charge in [-0.1, -0.05) is 31.2 Å². The quantitative estimate of drug-likeness (QED) is 0.404. The third-order valence-electron chi connectivity index (χ3n) is 6.93. The Morgan fingerprint density at radius 3 is 2.43 bits per heavy atom. The Balaban J connectivity index is 1.88. The molecule has 0 spiro atoms. The molecule has 4 aromatic rings. The maximum Gasteiger partial charge on any atom is 0.342 e. The molecule has 0 radical (unpaired) electrons. The molecule has 0 aliphatic carbocycles. The Morgan fingerprint density at radius 2 is 1.77 bits per heavy atom. The first kappa shape index (κ1) is 23.3. The number of carbonyl (C=O) groups excluding carboxylic acids is 1. The van der Waals surface area contributed by atoms with Gasteiger partial charge in [-0.05, 0) is 31.7 Å². The predicted molar refractivity (Wildman–Crippen MR) is 136 cm³/mol. The van der Waals surface area contributed by atoms with Gasteiger partial charge in [0.15, 0.2) is 0 Å². The van der Waals surface area contributed by atoms with Gasteiger partial charge in [0, 0.05) is 66.7 Å². The van der Waals surface area contributed by atoms with E-state index in [0.29, 0.717) is 39.7 Å². The van der Waals surface area contributed by atoms with E-state index in [1.54, 1.807) is 19.3 Å². The van der Waals surface area contributed by atoms with Gasteiger partial charge in [0.25, 0.3) is 0 Å². The van der Waals surface area contributed by atoms with Gasteiger partial charge in [0.1, 0.15) is 22.7 Å². The number of phenolic OH excluding ortho intramolecular Hbond substituents is 1. The van der Waals surface area contributed by atoms with E-state index in [1.165, 1.54) is 0 Å². The lowest BCUT2D eigenvalue weighted by Crippen LogP contribution is -2.46. The van der Waals surface area contributed by atoms with Crippen LogP contribution in [0.3, 0.4) is 0 Å². The number of pyridine rings is 1. The second-order valence-electron chi connectivity index (χ2n) is 9.01. The first-order valence-electron chi connectivity index (χ1n) is 12.2. The van der Waals surface area contributed by atoms with Crippen LogP contribution in [0.1, 0.15) is 47.1 Å². The van der Waals surface area contributed by atoms with E-state index in [4.69, 9.17) is 9.15 Å². The standard InChI is InChI=1S/C28H31N3O4/c1-4-21-22(28(33)34-5-2)23-24(26(32)19-8-6-7-9-20(19)27(23)35-21)25(18-10-12-29-13-11-18)31-16-14-30(3)15-17-31/h6-13,25,32H,4-5,14-17H2,1-3H3. The summed E-state index contributed by atoms with van der Waals surface area (Å²) >= 11 is 0. The van der Waals surface area contributed by atoms with Gasteiger partial charge in [-0.2, -0.15) is 0 Å². The molecule has 0 amide bonds. The maximum absolute atomic E-state index is 13.3. The summed E-state index contributed by atoms with van der Waals surface area (Å²) in [6.45, 7) is 7.49. The van der Waals surface area contributed by atoms with Crippen LogP contribution in [0.4, 0.5) is 0 Å². The van der Waals surface area contributed by atoms with Crippen molar-refractivity contribution in [3.8, 4) is 5.75 Å². The highest BCUT2D eigenvalue weighted by Crippen LogP contribution is 2.47. The van der Waals surface area contributed by atoms with Crippen molar-refractivity contribution in [1.82, 2.24) is 14.8 Å². The number of fused-ring (bicyclic) bond motifs is 3. The third kappa shape index (κ3) is 4.05. The molecule has 35 heavy (non-hydrogen) atoms. The number of likely N-dealkylation sites (N-methyl/N-ethyl adjacent to an activating group) is 1. The monoisotopic (exact) mass is 473 g/mol. The Kier molecular flexibility index (Phi) is 6.45. The molecule has 2 aromatic heterocycles. The number of phenols is 1. The van der Waals surface area contributed by atoms with Crippen molar-refractivity contribution in [2.24, 2.45) is 0 Å². The van der Waals surface area contributed by atoms with Crippen LogP contribution in [0.5, 0.6) is 5.75 Å². The summed E-state index contributed by atoms with van der Waals surface area (Å²) in [5.74, 6) is 0.316. The number of furan rings is 1. The molecule has 3 heterocycles. The number of nitrogens with zero attached hydrogens (tertiary/aromatic N) is 3. The molecule has 7 heteroatoms. The van der Waals surface area contributed by atoms with E-state index in [0.717, 1.165) is 37.1 Å². The van der Waals surface area contributed by atoms with E-state index in [9.17, 15) is 9.90 Å². The Bertz CT molecular complexity index is 1360. The number of rotatable bonds is 6. The number of aromatic nitrogens is 1. The lowest BCUT2D eigenvalue weighted by molar-refractivity contribution is 0.0525. The van der Waals surface area contributed by atoms with E-state index in [1.807, 2.05) is 43.3 Å². The largest absolute Gasteiger partial charge is 0.507 e. The molecule has 1 N–H and O–H groups in total. The minimum Gasteiger partial charge on any atom is -0.507 e. The van der Waals surface area contributed by atoms with Crippen LogP contribution in [-0.2, 0) is 11.2 Å². The summed E-state index contributed by atoms with van der Waals surface area (Å²) in [4.78, 5) is 22.2. The number of carbonyl (C=O) groups is 1. The molecular formula is C28H31N3O4. The van der Waals surface area contributed by atoms with E-state index in [2.05, 4.69) is 21.8 Å². The number of benzene rings is 2. The van der Waals surface area contributed by atoms with Gasteiger partial charge in [-0.25, -0.2) is 4.79 Å². The van der Waals surface area contributed by atoms with Crippen LogP contribution in [0.25, 0.3) is 21.7 Å². The van der Waals surface area contributed by atoms with Crippen molar-refractivity contribution in [3.63, 3.8) is 0 Å². The van der Waals surface area contributed by atoms with Crippen molar-refractivity contribution in [2.75, 3.05) is 39.8 Å². The first-order valence-corrected chi connectivity index (χ1v) is 12.2. The molecule has 0 saturated carbocycles.